The molecule has 0 N–H and O–H groups in total. The first-order valence-corrected chi connectivity index (χ1v) is 12.1. The Morgan fingerprint density at radius 1 is 0.912 bits per heavy atom. The smallest absolute Gasteiger partial charge is 0.354 e. The lowest BCUT2D eigenvalue weighted by Gasteiger charge is -2.34. The monoisotopic (exact) mass is 488 g/mol. The number of halogens is 3. The van der Waals surface area contributed by atoms with Crippen molar-refractivity contribution in [2.75, 3.05) is 31.1 Å². The van der Waals surface area contributed by atoms with Crippen LogP contribution in [0.2, 0.25) is 0 Å². The van der Waals surface area contributed by atoms with E-state index in [1.54, 1.807) is 19.1 Å². The topological polar surface area (TPSA) is 66.4 Å². The molecule has 1 saturated heterocycles. The van der Waals surface area contributed by atoms with E-state index in [1.165, 1.54) is 21.8 Å². The van der Waals surface area contributed by atoms with Gasteiger partial charge < -0.3 is 4.90 Å². The molecule has 4 rings (SSSR count). The van der Waals surface area contributed by atoms with Crippen LogP contribution < -0.4 is 4.90 Å². The minimum Gasteiger partial charge on any atom is -0.354 e. The summed E-state index contributed by atoms with van der Waals surface area (Å²) in [5.74, 6) is 0.934. The number of rotatable bonds is 5. The van der Waals surface area contributed by atoms with Gasteiger partial charge in [0.1, 0.15) is 5.82 Å². The lowest BCUT2D eigenvalue weighted by molar-refractivity contribution is -0.137. The first-order valence-electron chi connectivity index (χ1n) is 10.6. The number of nitrogens with zero attached hydrogens (tertiary/aromatic N) is 4. The van der Waals surface area contributed by atoms with Gasteiger partial charge in [-0.2, -0.15) is 17.5 Å². The molecule has 0 atom stereocenters. The predicted octanol–water partition coefficient (Wildman–Crippen LogP) is 4.59. The number of aromatic nitrogens is 2. The second kappa shape index (κ2) is 9.55. The summed E-state index contributed by atoms with van der Waals surface area (Å²) in [5.41, 5.74) is 1.21. The van der Waals surface area contributed by atoms with Gasteiger partial charge in [-0.15, -0.1) is 0 Å². The highest BCUT2D eigenvalue weighted by Crippen LogP contribution is 2.31. The number of piperazine rings is 1. The normalized spacial score (nSPS) is 15.7. The molecule has 0 bridgehead atoms. The zero-order valence-corrected chi connectivity index (χ0v) is 19.2. The first kappa shape index (κ1) is 23.9. The van der Waals surface area contributed by atoms with Crippen LogP contribution in [0.1, 0.15) is 16.8 Å². The molecule has 0 spiro atoms. The Hall–Kier alpha value is -3.24. The number of anilines is 1. The van der Waals surface area contributed by atoms with Gasteiger partial charge in [0.25, 0.3) is 0 Å². The van der Waals surface area contributed by atoms with Crippen LogP contribution in [0.5, 0.6) is 0 Å². The summed E-state index contributed by atoms with van der Waals surface area (Å²) in [6.45, 7) is 3.23. The molecule has 0 unspecified atom stereocenters. The molecule has 0 radical (unpaired) electrons. The third-order valence-electron chi connectivity index (χ3n) is 5.47. The highest BCUT2D eigenvalue weighted by atomic mass is 32.2. The van der Waals surface area contributed by atoms with Gasteiger partial charge in [0, 0.05) is 48.9 Å². The van der Waals surface area contributed by atoms with Crippen molar-refractivity contribution in [1.29, 1.82) is 0 Å². The number of sulfonamides is 1. The molecule has 3 aromatic rings. The van der Waals surface area contributed by atoms with Crippen LogP contribution in [0.4, 0.5) is 19.0 Å². The predicted molar refractivity (Wildman–Crippen MR) is 125 cm³/mol. The molecule has 1 fully saturated rings. The van der Waals surface area contributed by atoms with Crippen LogP contribution in [-0.4, -0.2) is 48.9 Å². The highest BCUT2D eigenvalue weighted by molar-refractivity contribution is 7.92. The highest BCUT2D eigenvalue weighted by Gasteiger charge is 2.30. The van der Waals surface area contributed by atoms with E-state index in [9.17, 15) is 21.6 Å². The van der Waals surface area contributed by atoms with E-state index in [-0.39, 0.29) is 0 Å². The molecule has 1 aromatic heterocycles. The van der Waals surface area contributed by atoms with E-state index in [2.05, 4.69) is 9.97 Å². The van der Waals surface area contributed by atoms with Crippen molar-refractivity contribution in [3.8, 4) is 11.4 Å². The van der Waals surface area contributed by atoms with Crippen LogP contribution >= 0.6 is 0 Å². The van der Waals surface area contributed by atoms with Gasteiger partial charge in [0.15, 0.2) is 5.82 Å². The van der Waals surface area contributed by atoms with Gasteiger partial charge >= 0.3 is 6.18 Å². The number of alkyl halides is 3. The average Bonchev–Trinajstić information content (AvgIpc) is 2.83. The Kier molecular flexibility index (Phi) is 6.72. The van der Waals surface area contributed by atoms with Crippen molar-refractivity contribution in [2.24, 2.45) is 0 Å². The molecule has 2 aromatic carbocycles. The maximum Gasteiger partial charge on any atom is 0.416 e. The zero-order chi connectivity index (χ0) is 24.3. The van der Waals surface area contributed by atoms with Crippen LogP contribution in [0.25, 0.3) is 17.5 Å². The van der Waals surface area contributed by atoms with Crippen molar-refractivity contribution >= 4 is 21.9 Å². The Balaban J connectivity index is 1.46. The van der Waals surface area contributed by atoms with Crippen molar-refractivity contribution in [1.82, 2.24) is 14.3 Å². The van der Waals surface area contributed by atoms with Crippen LogP contribution in [0.15, 0.2) is 66.1 Å². The van der Waals surface area contributed by atoms with E-state index < -0.39 is 21.8 Å². The number of hydrogen-bond acceptors (Lipinski definition) is 5. The van der Waals surface area contributed by atoms with Gasteiger partial charge in [0.05, 0.1) is 5.56 Å². The van der Waals surface area contributed by atoms with E-state index in [4.69, 9.17) is 0 Å². The van der Waals surface area contributed by atoms with Gasteiger partial charge in [0.2, 0.25) is 10.0 Å². The minimum absolute atomic E-state index is 0.292. The molecule has 0 aliphatic carbocycles. The quantitative estimate of drug-likeness (QED) is 0.526. The lowest BCUT2D eigenvalue weighted by Crippen LogP contribution is -2.48. The average molecular weight is 489 g/mol. The fraction of sp³-hybridized carbons (Fsp3) is 0.250. The van der Waals surface area contributed by atoms with Crippen LogP contribution in [-0.2, 0) is 16.2 Å². The number of aryl methyl sites for hydroxylation is 1. The third kappa shape index (κ3) is 5.63. The Bertz CT molecular complexity index is 1270. The summed E-state index contributed by atoms with van der Waals surface area (Å²) in [6.07, 6.45) is -2.83. The van der Waals surface area contributed by atoms with E-state index >= 15 is 0 Å². The standard InChI is InChI=1S/C24H23F3N4O2S/c1-18-17-22(29-23(28-18)20-7-9-21(10-8-20)24(25,26)27)30-12-14-31(15-13-30)34(32,33)16-11-19-5-3-2-4-6-19/h2-11,16-17H,12-15H2,1H3/b16-11+. The molecule has 6 nitrogen and oxygen atoms in total. The van der Waals surface area contributed by atoms with Crippen LogP contribution in [0.3, 0.4) is 0 Å². The molecule has 0 saturated carbocycles. The Morgan fingerprint density at radius 3 is 2.18 bits per heavy atom. The zero-order valence-electron chi connectivity index (χ0n) is 18.4. The maximum absolute atomic E-state index is 12.9. The molecular weight excluding hydrogens is 465 g/mol. The summed E-state index contributed by atoms with van der Waals surface area (Å²) in [7, 11) is -3.56. The third-order valence-corrected chi connectivity index (χ3v) is 7.03. The van der Waals surface area contributed by atoms with Gasteiger partial charge in [-0.25, -0.2) is 18.4 Å². The van der Waals surface area contributed by atoms with Crippen molar-refractivity contribution in [3.05, 3.63) is 82.9 Å². The van der Waals surface area contributed by atoms with Gasteiger partial charge in [-0.1, -0.05) is 42.5 Å². The molecule has 10 heteroatoms. The summed E-state index contributed by atoms with van der Waals surface area (Å²) >= 11 is 0. The van der Waals surface area contributed by atoms with Crippen molar-refractivity contribution < 1.29 is 21.6 Å². The minimum atomic E-state index is -4.41. The summed E-state index contributed by atoms with van der Waals surface area (Å²) < 4.78 is 65.4. The number of benzene rings is 2. The molecule has 1 aliphatic rings. The second-order valence-corrected chi connectivity index (χ2v) is 9.73. The summed E-state index contributed by atoms with van der Waals surface area (Å²) in [4.78, 5) is 10.9. The lowest BCUT2D eigenvalue weighted by atomic mass is 10.1. The molecule has 178 valence electrons. The molecule has 34 heavy (non-hydrogen) atoms. The fourth-order valence-corrected chi connectivity index (χ4v) is 4.81. The number of hydrogen-bond donors (Lipinski definition) is 0. The fourth-order valence-electron chi connectivity index (χ4n) is 3.64. The van der Waals surface area contributed by atoms with E-state index in [1.807, 2.05) is 35.2 Å². The van der Waals surface area contributed by atoms with Gasteiger partial charge in [-0.05, 0) is 30.7 Å². The Labute approximate surface area is 196 Å². The second-order valence-electron chi connectivity index (χ2n) is 7.91. The van der Waals surface area contributed by atoms with Crippen molar-refractivity contribution in [2.45, 2.75) is 13.1 Å². The molecule has 2 heterocycles. The van der Waals surface area contributed by atoms with Crippen LogP contribution in [0, 0.1) is 6.92 Å². The summed E-state index contributed by atoms with van der Waals surface area (Å²) in [5, 5.41) is 1.22. The largest absolute Gasteiger partial charge is 0.416 e. The SMILES string of the molecule is Cc1cc(N2CCN(S(=O)(=O)/C=C/c3ccccc3)CC2)nc(-c2ccc(C(F)(F)F)cc2)n1. The first-order chi connectivity index (χ1) is 16.1. The molecule has 1 aliphatic heterocycles. The Morgan fingerprint density at radius 2 is 1.56 bits per heavy atom. The molecular formula is C24H23F3N4O2S. The molecule has 0 amide bonds. The maximum atomic E-state index is 12.9. The van der Waals surface area contributed by atoms with E-state index in [0.29, 0.717) is 49.1 Å². The summed E-state index contributed by atoms with van der Waals surface area (Å²) in [6, 6.07) is 15.7. The van der Waals surface area contributed by atoms with Gasteiger partial charge in [-0.3, -0.25) is 0 Å². The van der Waals surface area contributed by atoms with Crippen molar-refractivity contribution in [3.63, 3.8) is 0 Å². The van der Waals surface area contributed by atoms with E-state index in [0.717, 1.165) is 17.7 Å².